The molecule has 7 nitrogen and oxygen atoms in total. The summed E-state index contributed by atoms with van der Waals surface area (Å²) in [6.45, 7) is 0. The Hall–Kier alpha value is -2.93. The van der Waals surface area contributed by atoms with Gasteiger partial charge in [-0.25, -0.2) is 0 Å². The number of para-hydroxylation sites is 1. The average molecular weight is 334 g/mol. The van der Waals surface area contributed by atoms with E-state index < -0.39 is 16.7 Å². The van der Waals surface area contributed by atoms with E-state index in [2.05, 4.69) is 5.32 Å². The molecule has 0 aliphatic carbocycles. The Labute approximate surface area is 136 Å². The van der Waals surface area contributed by atoms with Crippen molar-refractivity contribution in [2.45, 2.75) is 0 Å². The number of nitrogens with zero attached hydrogens (tertiary/aromatic N) is 2. The molecular weight excluding hydrogens is 322 g/mol. The smallest absolute Gasteiger partial charge is 0.316 e. The lowest BCUT2D eigenvalue weighted by Crippen LogP contribution is -2.37. The van der Waals surface area contributed by atoms with Crippen LogP contribution in [0.3, 0.4) is 0 Å². The summed E-state index contributed by atoms with van der Waals surface area (Å²) in [5, 5.41) is 13.1. The number of nitro groups is 1. The molecule has 0 radical (unpaired) electrons. The molecule has 0 saturated carbocycles. The molecule has 0 aliphatic heterocycles. The second kappa shape index (κ2) is 6.89. The lowest BCUT2D eigenvalue weighted by molar-refractivity contribution is -0.384. The van der Waals surface area contributed by atoms with Gasteiger partial charge in [-0.1, -0.05) is 29.8 Å². The van der Waals surface area contributed by atoms with Gasteiger partial charge in [-0.15, -0.1) is 0 Å². The van der Waals surface area contributed by atoms with E-state index in [1.165, 1.54) is 24.1 Å². The second-order valence-corrected chi connectivity index (χ2v) is 4.98. The zero-order valence-electron chi connectivity index (χ0n) is 12.0. The Kier molecular flexibility index (Phi) is 4.92. The predicted octanol–water partition coefficient (Wildman–Crippen LogP) is 2.85. The first-order chi connectivity index (χ1) is 10.9. The summed E-state index contributed by atoms with van der Waals surface area (Å²) in [5.41, 5.74) is 0.309. The fraction of sp³-hybridized carbons (Fsp3) is 0.0667. The molecule has 0 saturated heterocycles. The Bertz CT molecular complexity index is 765. The van der Waals surface area contributed by atoms with Crippen molar-refractivity contribution in [3.05, 3.63) is 63.7 Å². The van der Waals surface area contributed by atoms with E-state index in [0.29, 0.717) is 5.69 Å². The third-order valence-electron chi connectivity index (χ3n) is 3.04. The lowest BCUT2D eigenvalue weighted by atomic mass is 10.2. The van der Waals surface area contributed by atoms with E-state index >= 15 is 0 Å². The number of rotatable bonds is 3. The zero-order chi connectivity index (χ0) is 17.0. The van der Waals surface area contributed by atoms with Gasteiger partial charge >= 0.3 is 11.8 Å². The molecule has 118 valence electrons. The summed E-state index contributed by atoms with van der Waals surface area (Å²) >= 11 is 5.69. The fourth-order valence-electron chi connectivity index (χ4n) is 1.84. The molecule has 0 aromatic heterocycles. The molecule has 2 amide bonds. The summed E-state index contributed by atoms with van der Waals surface area (Å²) in [4.78, 5) is 35.4. The average Bonchev–Trinajstić information content (AvgIpc) is 2.55. The number of carbonyl (C=O) groups excluding carboxylic acids is 2. The van der Waals surface area contributed by atoms with Crippen LogP contribution in [-0.4, -0.2) is 23.8 Å². The van der Waals surface area contributed by atoms with E-state index in [0.717, 1.165) is 6.07 Å². The number of carbonyl (C=O) groups is 2. The van der Waals surface area contributed by atoms with Crippen molar-refractivity contribution in [1.82, 2.24) is 0 Å². The molecular formula is C15H12ClN3O4. The Morgan fingerprint density at radius 3 is 2.43 bits per heavy atom. The van der Waals surface area contributed by atoms with Crippen LogP contribution in [0.15, 0.2) is 48.5 Å². The van der Waals surface area contributed by atoms with Gasteiger partial charge in [0.05, 0.1) is 4.92 Å². The minimum Gasteiger partial charge on any atom is -0.318 e. The van der Waals surface area contributed by atoms with E-state index in [-0.39, 0.29) is 16.4 Å². The fourth-order valence-corrected chi connectivity index (χ4v) is 2.02. The number of hydrogen-bond donors (Lipinski definition) is 1. The van der Waals surface area contributed by atoms with Gasteiger partial charge in [0.2, 0.25) is 0 Å². The topological polar surface area (TPSA) is 92.6 Å². The van der Waals surface area contributed by atoms with Gasteiger partial charge in [-0.3, -0.25) is 19.7 Å². The molecule has 0 heterocycles. The number of nitrogens with one attached hydrogen (secondary N) is 1. The van der Waals surface area contributed by atoms with Crippen LogP contribution < -0.4 is 10.2 Å². The van der Waals surface area contributed by atoms with Crippen LogP contribution in [0.4, 0.5) is 17.1 Å². The molecule has 2 rings (SSSR count). The first-order valence-corrected chi connectivity index (χ1v) is 6.86. The molecule has 8 heteroatoms. The van der Waals surface area contributed by atoms with Crippen molar-refractivity contribution in [1.29, 1.82) is 0 Å². The van der Waals surface area contributed by atoms with Crippen LogP contribution in [0.5, 0.6) is 0 Å². The number of amides is 2. The molecule has 0 aliphatic rings. The molecule has 2 aromatic carbocycles. The monoisotopic (exact) mass is 333 g/mol. The quantitative estimate of drug-likeness (QED) is 0.531. The predicted molar refractivity (Wildman–Crippen MR) is 86.6 cm³/mol. The van der Waals surface area contributed by atoms with Gasteiger partial charge in [-0.05, 0) is 24.3 Å². The van der Waals surface area contributed by atoms with Crippen LogP contribution in [0.1, 0.15) is 0 Å². The number of nitro benzene ring substituents is 1. The van der Waals surface area contributed by atoms with E-state index in [4.69, 9.17) is 11.6 Å². The maximum absolute atomic E-state index is 12.1. The van der Waals surface area contributed by atoms with Gasteiger partial charge in [0.1, 0.15) is 5.02 Å². The molecule has 0 unspecified atom stereocenters. The number of anilines is 2. The van der Waals surface area contributed by atoms with Gasteiger partial charge in [0.25, 0.3) is 5.69 Å². The van der Waals surface area contributed by atoms with Crippen molar-refractivity contribution in [3.63, 3.8) is 0 Å². The van der Waals surface area contributed by atoms with E-state index in [1.54, 1.807) is 30.3 Å². The molecule has 2 aromatic rings. The number of hydrogen-bond acceptors (Lipinski definition) is 4. The Morgan fingerprint density at radius 1 is 1.17 bits per heavy atom. The molecule has 1 N–H and O–H groups in total. The van der Waals surface area contributed by atoms with Gasteiger partial charge in [0, 0.05) is 24.5 Å². The highest BCUT2D eigenvalue weighted by Gasteiger charge is 2.21. The second-order valence-electron chi connectivity index (χ2n) is 4.58. The highest BCUT2D eigenvalue weighted by atomic mass is 35.5. The van der Waals surface area contributed by atoms with Crippen molar-refractivity contribution in [2.75, 3.05) is 17.3 Å². The van der Waals surface area contributed by atoms with Crippen LogP contribution >= 0.6 is 11.6 Å². The largest absolute Gasteiger partial charge is 0.318 e. The summed E-state index contributed by atoms with van der Waals surface area (Å²) in [6, 6.07) is 12.4. The molecule has 23 heavy (non-hydrogen) atoms. The maximum atomic E-state index is 12.1. The normalized spacial score (nSPS) is 10.0. The SMILES string of the molecule is CN(C(=O)C(=O)Nc1ccc(Cl)c([N+](=O)[O-])c1)c1ccccc1. The van der Waals surface area contributed by atoms with Crippen molar-refractivity contribution >= 4 is 40.5 Å². The lowest BCUT2D eigenvalue weighted by Gasteiger charge is -2.16. The molecule has 0 spiro atoms. The van der Waals surface area contributed by atoms with Crippen LogP contribution in [-0.2, 0) is 9.59 Å². The van der Waals surface area contributed by atoms with Gasteiger partial charge in [-0.2, -0.15) is 0 Å². The van der Waals surface area contributed by atoms with E-state index in [1.807, 2.05) is 0 Å². The summed E-state index contributed by atoms with van der Waals surface area (Å²) in [7, 11) is 1.46. The minimum absolute atomic E-state index is 0.0549. The Balaban J connectivity index is 2.14. The standard InChI is InChI=1S/C15H12ClN3O4/c1-18(11-5-3-2-4-6-11)15(21)14(20)17-10-7-8-12(16)13(9-10)19(22)23/h2-9H,1H3,(H,17,20). The summed E-state index contributed by atoms with van der Waals surface area (Å²) < 4.78 is 0. The first kappa shape index (κ1) is 16.4. The van der Waals surface area contributed by atoms with Crippen LogP contribution in [0, 0.1) is 10.1 Å². The van der Waals surface area contributed by atoms with E-state index in [9.17, 15) is 19.7 Å². The minimum atomic E-state index is -0.909. The summed E-state index contributed by atoms with van der Waals surface area (Å²) in [6.07, 6.45) is 0. The molecule has 0 bridgehead atoms. The van der Waals surface area contributed by atoms with Gasteiger partial charge in [0.15, 0.2) is 0 Å². The highest BCUT2D eigenvalue weighted by molar-refractivity contribution is 6.44. The molecule has 0 fully saturated rings. The third-order valence-corrected chi connectivity index (χ3v) is 3.36. The maximum Gasteiger partial charge on any atom is 0.316 e. The number of benzene rings is 2. The van der Waals surface area contributed by atoms with Gasteiger partial charge < -0.3 is 10.2 Å². The summed E-state index contributed by atoms with van der Waals surface area (Å²) in [5.74, 6) is -1.71. The third kappa shape index (κ3) is 3.83. The zero-order valence-corrected chi connectivity index (χ0v) is 12.8. The number of halogens is 1. The van der Waals surface area contributed by atoms with Crippen LogP contribution in [0.25, 0.3) is 0 Å². The number of likely N-dealkylation sites (N-methyl/N-ethyl adjacent to an activating group) is 1. The van der Waals surface area contributed by atoms with Crippen molar-refractivity contribution in [2.24, 2.45) is 0 Å². The van der Waals surface area contributed by atoms with Crippen LogP contribution in [0.2, 0.25) is 5.02 Å². The van der Waals surface area contributed by atoms with Crippen molar-refractivity contribution < 1.29 is 14.5 Å². The molecule has 0 atom stereocenters. The van der Waals surface area contributed by atoms with Crippen molar-refractivity contribution in [3.8, 4) is 0 Å². The first-order valence-electron chi connectivity index (χ1n) is 6.48. The highest BCUT2D eigenvalue weighted by Crippen LogP contribution is 2.27. The Morgan fingerprint density at radius 2 is 1.83 bits per heavy atom.